The van der Waals surface area contributed by atoms with Gasteiger partial charge in [0.15, 0.2) is 11.9 Å². The van der Waals surface area contributed by atoms with Crippen LogP contribution in [-0.4, -0.2) is 36.2 Å². The van der Waals surface area contributed by atoms with Crippen LogP contribution >= 0.6 is 0 Å². The molecule has 6 nitrogen and oxygen atoms in total. The zero-order valence-corrected chi connectivity index (χ0v) is 27.1. The molecule has 5 fully saturated rings. The highest BCUT2D eigenvalue weighted by atomic mass is 17.3. The van der Waals surface area contributed by atoms with E-state index in [1.165, 1.54) is 103 Å². The minimum atomic E-state index is -0.766. The quantitative estimate of drug-likeness (QED) is 0.123. The van der Waals surface area contributed by atoms with Gasteiger partial charge in [-0.05, 0) is 50.4 Å². The molecule has 0 unspecified atom stereocenters. The Morgan fingerprint density at radius 3 is 1.95 bits per heavy atom. The molecular formula is C35H63NO5. The number of hydrogen-bond donors (Lipinski definition) is 1. The van der Waals surface area contributed by atoms with Crippen molar-refractivity contribution in [2.24, 2.45) is 23.7 Å². The molecule has 5 rings (SSSR count). The lowest BCUT2D eigenvalue weighted by Crippen LogP contribution is -2.70. The summed E-state index contributed by atoms with van der Waals surface area (Å²) < 4.78 is 13.0. The van der Waals surface area contributed by atoms with Crippen molar-refractivity contribution in [1.82, 2.24) is 5.32 Å². The second-order valence-electron chi connectivity index (χ2n) is 14.3. The molecule has 1 aliphatic carbocycles. The van der Waals surface area contributed by atoms with E-state index >= 15 is 0 Å². The third-order valence-electron chi connectivity index (χ3n) is 11.0. The standard InChI is InChI=1S/C35H63NO5/c1-5-6-7-8-9-10-11-12-13-14-15-16-17-18-19-20-25-36-32(37)26-31-28(3)30-22-21-27(2)29-23-24-34(4)39-33(38-31)35(29,30)41-40-34/h27-31,33H,5-26H2,1-4H3,(H,36,37)/t27-,28-,29+,30+,31-,33-,34-,35-/m1/s1. The molecule has 4 aliphatic heterocycles. The highest BCUT2D eigenvalue weighted by Crippen LogP contribution is 2.60. The van der Waals surface area contributed by atoms with Crippen LogP contribution < -0.4 is 5.32 Å². The molecule has 8 atom stereocenters. The molecule has 0 aromatic heterocycles. The molecule has 0 radical (unpaired) electrons. The third kappa shape index (κ3) is 8.70. The first kappa shape index (κ1) is 33.2. The summed E-state index contributed by atoms with van der Waals surface area (Å²) in [7, 11) is 0. The SMILES string of the molecule is CCCCCCCCCCCCCCCCCCNC(=O)C[C@H]1O[C@@H]2O[C@@]3(C)CC[C@H]4[C@H](C)CC[C@@H]([C@H]1C)[C@@]24OO3. The third-order valence-corrected chi connectivity index (χ3v) is 11.0. The summed E-state index contributed by atoms with van der Waals surface area (Å²) in [6.45, 7) is 9.58. The van der Waals surface area contributed by atoms with Crippen molar-refractivity contribution in [2.75, 3.05) is 6.54 Å². The maximum absolute atomic E-state index is 12.9. The van der Waals surface area contributed by atoms with Crippen LogP contribution in [-0.2, 0) is 24.0 Å². The van der Waals surface area contributed by atoms with Gasteiger partial charge < -0.3 is 14.8 Å². The second-order valence-corrected chi connectivity index (χ2v) is 14.3. The van der Waals surface area contributed by atoms with Gasteiger partial charge in [0.2, 0.25) is 11.7 Å². The van der Waals surface area contributed by atoms with Crippen molar-refractivity contribution in [3.05, 3.63) is 0 Å². The molecule has 2 bridgehead atoms. The Labute approximate surface area is 251 Å². The lowest BCUT2D eigenvalue weighted by molar-refractivity contribution is -0.570. The first-order valence-electron chi connectivity index (χ1n) is 17.9. The average molecular weight is 578 g/mol. The minimum absolute atomic E-state index is 0.0987. The summed E-state index contributed by atoms with van der Waals surface area (Å²) in [6.07, 6.45) is 25.7. The second kappa shape index (κ2) is 16.4. The van der Waals surface area contributed by atoms with Crippen LogP contribution in [0.25, 0.3) is 0 Å². The predicted molar refractivity (Wildman–Crippen MR) is 164 cm³/mol. The molecule has 1 amide bonds. The van der Waals surface area contributed by atoms with Gasteiger partial charge in [-0.15, -0.1) is 0 Å². The number of fused-ring (bicyclic) bond motifs is 2. The molecule has 1 saturated carbocycles. The molecule has 1 N–H and O–H groups in total. The molecule has 41 heavy (non-hydrogen) atoms. The van der Waals surface area contributed by atoms with Gasteiger partial charge in [-0.1, -0.05) is 117 Å². The maximum atomic E-state index is 12.9. The first-order valence-corrected chi connectivity index (χ1v) is 17.9. The van der Waals surface area contributed by atoms with Crippen molar-refractivity contribution >= 4 is 5.91 Å². The number of ether oxygens (including phenoxy) is 2. The molecule has 238 valence electrons. The van der Waals surface area contributed by atoms with Gasteiger partial charge >= 0.3 is 0 Å². The van der Waals surface area contributed by atoms with Gasteiger partial charge in [-0.3, -0.25) is 4.79 Å². The fourth-order valence-corrected chi connectivity index (χ4v) is 8.37. The monoisotopic (exact) mass is 577 g/mol. The first-order chi connectivity index (χ1) is 19.9. The van der Waals surface area contributed by atoms with Gasteiger partial charge in [-0.25, -0.2) is 9.78 Å². The molecule has 4 heterocycles. The summed E-state index contributed by atoms with van der Waals surface area (Å²) in [5.74, 6) is 0.750. The predicted octanol–water partition coefficient (Wildman–Crippen LogP) is 9.00. The van der Waals surface area contributed by atoms with E-state index in [2.05, 4.69) is 26.1 Å². The van der Waals surface area contributed by atoms with Crippen LogP contribution in [0.3, 0.4) is 0 Å². The number of carbonyl (C=O) groups is 1. The van der Waals surface area contributed by atoms with E-state index < -0.39 is 17.7 Å². The molecule has 0 aromatic rings. The lowest BCUT2D eigenvalue weighted by atomic mass is 9.57. The van der Waals surface area contributed by atoms with Crippen molar-refractivity contribution < 1.29 is 24.0 Å². The summed E-state index contributed by atoms with van der Waals surface area (Å²) in [5.41, 5.74) is -0.548. The summed E-state index contributed by atoms with van der Waals surface area (Å²) >= 11 is 0. The van der Waals surface area contributed by atoms with E-state index in [1.807, 2.05) is 6.92 Å². The minimum Gasteiger partial charge on any atom is -0.356 e. The molecular weight excluding hydrogens is 514 g/mol. The lowest BCUT2D eigenvalue weighted by Gasteiger charge is -2.60. The van der Waals surface area contributed by atoms with Crippen LogP contribution in [0.15, 0.2) is 0 Å². The Morgan fingerprint density at radius 1 is 0.756 bits per heavy atom. The van der Waals surface area contributed by atoms with Crippen LogP contribution in [0, 0.1) is 23.7 Å². The molecule has 0 aromatic carbocycles. The van der Waals surface area contributed by atoms with E-state index in [1.54, 1.807) is 0 Å². The molecule has 4 saturated heterocycles. The molecule has 6 heteroatoms. The van der Waals surface area contributed by atoms with Gasteiger partial charge in [0.25, 0.3) is 0 Å². The van der Waals surface area contributed by atoms with Crippen molar-refractivity contribution in [3.63, 3.8) is 0 Å². The fourth-order valence-electron chi connectivity index (χ4n) is 8.37. The van der Waals surface area contributed by atoms with Crippen molar-refractivity contribution in [2.45, 2.75) is 186 Å². The highest BCUT2D eigenvalue weighted by molar-refractivity contribution is 5.76. The maximum Gasteiger partial charge on any atom is 0.222 e. The molecule has 1 spiro atoms. The van der Waals surface area contributed by atoms with Gasteiger partial charge in [-0.2, -0.15) is 0 Å². The van der Waals surface area contributed by atoms with E-state index in [4.69, 9.17) is 19.2 Å². The van der Waals surface area contributed by atoms with Gasteiger partial charge in [0.05, 0.1) is 12.5 Å². The molecule has 5 aliphatic rings. The Morgan fingerprint density at radius 2 is 1.34 bits per heavy atom. The Hall–Kier alpha value is -0.690. The van der Waals surface area contributed by atoms with Crippen LogP contribution in [0.1, 0.15) is 163 Å². The van der Waals surface area contributed by atoms with Crippen LogP contribution in [0.5, 0.6) is 0 Å². The van der Waals surface area contributed by atoms with Crippen LogP contribution in [0.4, 0.5) is 0 Å². The van der Waals surface area contributed by atoms with E-state index in [0.717, 1.165) is 32.2 Å². The number of amides is 1. The number of unbranched alkanes of at least 4 members (excludes halogenated alkanes) is 15. The zero-order valence-electron chi connectivity index (χ0n) is 27.1. The Bertz CT molecular complexity index is 778. The number of hydrogen-bond acceptors (Lipinski definition) is 5. The normalized spacial score (nSPS) is 36.1. The zero-order chi connectivity index (χ0) is 29.1. The average Bonchev–Trinajstić information content (AvgIpc) is 3.19. The van der Waals surface area contributed by atoms with Crippen molar-refractivity contribution in [1.29, 1.82) is 0 Å². The fraction of sp³-hybridized carbons (Fsp3) is 0.971. The number of rotatable bonds is 19. The largest absolute Gasteiger partial charge is 0.356 e. The Kier molecular flexibility index (Phi) is 13.3. The summed E-state index contributed by atoms with van der Waals surface area (Å²) in [6, 6.07) is 0. The van der Waals surface area contributed by atoms with Gasteiger partial charge in [0.1, 0.15) is 0 Å². The Balaban J connectivity index is 1.05. The van der Waals surface area contributed by atoms with E-state index in [-0.39, 0.29) is 23.8 Å². The summed E-state index contributed by atoms with van der Waals surface area (Å²) in [4.78, 5) is 25.0. The summed E-state index contributed by atoms with van der Waals surface area (Å²) in [5, 5.41) is 3.17. The number of nitrogens with one attached hydrogen (secondary N) is 1. The van der Waals surface area contributed by atoms with Crippen molar-refractivity contribution in [3.8, 4) is 0 Å². The topological polar surface area (TPSA) is 66.0 Å². The number of carbonyl (C=O) groups excluding carboxylic acids is 1. The van der Waals surface area contributed by atoms with Crippen LogP contribution in [0.2, 0.25) is 0 Å². The van der Waals surface area contributed by atoms with Gasteiger partial charge in [0, 0.05) is 18.9 Å². The van der Waals surface area contributed by atoms with E-state index in [9.17, 15) is 4.79 Å². The smallest absolute Gasteiger partial charge is 0.222 e. The highest BCUT2D eigenvalue weighted by Gasteiger charge is 2.69. The van der Waals surface area contributed by atoms with E-state index in [0.29, 0.717) is 18.3 Å².